The molecule has 0 unspecified atom stereocenters. The van der Waals surface area contributed by atoms with E-state index in [1.54, 1.807) is 0 Å². The topological polar surface area (TPSA) is 22.4 Å². The van der Waals surface area contributed by atoms with E-state index < -0.39 is 0 Å². The Morgan fingerprint density at radius 2 is 0.950 bits per heavy atom. The summed E-state index contributed by atoms with van der Waals surface area (Å²) >= 11 is 0. The minimum Gasteiger partial charge on any atom is -0.456 e. The zero-order chi connectivity index (χ0) is 26.5. The summed E-state index contributed by atoms with van der Waals surface area (Å²) in [5, 5.41) is 2.24. The summed E-state index contributed by atoms with van der Waals surface area (Å²) in [6.45, 7) is 0. The molecule has 0 atom stereocenters. The van der Waals surface area contributed by atoms with Crippen molar-refractivity contribution in [2.24, 2.45) is 0 Å². The molecule has 0 aliphatic carbocycles. The van der Waals surface area contributed by atoms with Gasteiger partial charge < -0.3 is 9.15 Å². The van der Waals surface area contributed by atoms with E-state index in [1.165, 1.54) is 16.7 Å². The van der Waals surface area contributed by atoms with Crippen LogP contribution in [-0.2, 0) is 0 Å². The van der Waals surface area contributed by atoms with Gasteiger partial charge in [-0.2, -0.15) is 0 Å². The van der Waals surface area contributed by atoms with Gasteiger partial charge in [0.2, 0.25) is 0 Å². The zero-order valence-electron chi connectivity index (χ0n) is 21.7. The first kappa shape index (κ1) is 22.6. The van der Waals surface area contributed by atoms with Gasteiger partial charge in [0.1, 0.15) is 23.0 Å². The molecule has 2 heteroatoms. The van der Waals surface area contributed by atoms with Crippen LogP contribution in [0.3, 0.4) is 0 Å². The van der Waals surface area contributed by atoms with Crippen LogP contribution in [-0.4, -0.2) is 0 Å². The summed E-state index contributed by atoms with van der Waals surface area (Å²) in [7, 11) is 0. The lowest BCUT2D eigenvalue weighted by Crippen LogP contribution is -1.97. The Bertz CT molecular complexity index is 2010. The van der Waals surface area contributed by atoms with E-state index in [9.17, 15) is 0 Å². The number of fused-ring (bicyclic) bond motifs is 2. The predicted molar refractivity (Wildman–Crippen MR) is 163 cm³/mol. The van der Waals surface area contributed by atoms with Crippen molar-refractivity contribution in [3.05, 3.63) is 146 Å². The minimum atomic E-state index is 0.840. The third-order valence-electron chi connectivity index (χ3n) is 7.77. The fourth-order valence-electron chi connectivity index (χ4n) is 5.85. The smallest absolute Gasteiger partial charge is 0.135 e. The molecule has 7 aromatic rings. The molecule has 2 heterocycles. The molecule has 1 aliphatic rings. The summed E-state index contributed by atoms with van der Waals surface area (Å²) in [6, 6.07) is 50.6. The standard InChI is InChI=1S/C38H24O2/c1-2-9-25(10-3-1)26-17-19-27(20-18-26)28-11-4-5-12-29(28)35-23-24-36(39-35)31-21-22-37-38-32(14-8-15-33(31)38)30-13-6-7-16-34(30)40-37/h1-24H. The van der Waals surface area contributed by atoms with Crippen molar-refractivity contribution in [3.63, 3.8) is 0 Å². The lowest BCUT2D eigenvalue weighted by molar-refractivity contribution is 0.487. The van der Waals surface area contributed by atoms with Crippen LogP contribution in [0.25, 0.3) is 66.8 Å². The van der Waals surface area contributed by atoms with Gasteiger partial charge in [-0.3, -0.25) is 0 Å². The average molecular weight is 513 g/mol. The Balaban J connectivity index is 1.20. The molecule has 0 spiro atoms. The fraction of sp³-hybridized carbons (Fsp3) is 0. The predicted octanol–water partition coefficient (Wildman–Crippen LogP) is 10.9. The lowest BCUT2D eigenvalue weighted by Gasteiger charge is -2.22. The summed E-state index contributed by atoms with van der Waals surface area (Å²) in [6.07, 6.45) is 0. The van der Waals surface area contributed by atoms with Crippen LogP contribution in [0.5, 0.6) is 11.5 Å². The quantitative estimate of drug-likeness (QED) is 0.234. The zero-order valence-corrected chi connectivity index (χ0v) is 21.7. The molecule has 0 saturated heterocycles. The Labute approximate surface area is 232 Å². The van der Waals surface area contributed by atoms with E-state index in [-0.39, 0.29) is 0 Å². The molecule has 2 nitrogen and oxygen atoms in total. The van der Waals surface area contributed by atoms with E-state index in [2.05, 4.69) is 127 Å². The number of furan rings is 1. The van der Waals surface area contributed by atoms with Gasteiger partial charge in [0, 0.05) is 22.1 Å². The highest BCUT2D eigenvalue weighted by Crippen LogP contribution is 2.48. The summed E-state index contributed by atoms with van der Waals surface area (Å²) < 4.78 is 12.9. The Hall–Kier alpha value is -5.34. The van der Waals surface area contributed by atoms with Gasteiger partial charge >= 0.3 is 0 Å². The maximum Gasteiger partial charge on any atom is 0.135 e. The Kier molecular flexibility index (Phi) is 5.17. The maximum absolute atomic E-state index is 6.58. The molecular weight excluding hydrogens is 488 g/mol. The minimum absolute atomic E-state index is 0.840. The van der Waals surface area contributed by atoms with E-state index in [1.807, 2.05) is 18.2 Å². The van der Waals surface area contributed by atoms with Crippen LogP contribution in [0.2, 0.25) is 0 Å². The number of ether oxygens (including phenoxy) is 1. The summed E-state index contributed by atoms with van der Waals surface area (Å²) in [4.78, 5) is 0. The highest BCUT2D eigenvalue weighted by atomic mass is 16.5. The normalized spacial score (nSPS) is 11.7. The molecule has 1 aromatic heterocycles. The van der Waals surface area contributed by atoms with Crippen molar-refractivity contribution in [2.45, 2.75) is 0 Å². The molecular formula is C38H24O2. The van der Waals surface area contributed by atoms with Crippen molar-refractivity contribution in [3.8, 4) is 67.5 Å². The fourth-order valence-corrected chi connectivity index (χ4v) is 5.85. The van der Waals surface area contributed by atoms with Gasteiger partial charge in [0.25, 0.3) is 0 Å². The second-order valence-electron chi connectivity index (χ2n) is 10.1. The van der Waals surface area contributed by atoms with Crippen LogP contribution in [0.4, 0.5) is 0 Å². The Morgan fingerprint density at radius 3 is 1.77 bits per heavy atom. The number of hydrogen-bond donors (Lipinski definition) is 0. The summed E-state index contributed by atoms with van der Waals surface area (Å²) in [5.74, 6) is 3.46. The first-order chi connectivity index (χ1) is 19.8. The maximum atomic E-state index is 6.58. The second kappa shape index (κ2) is 9.14. The number of benzene rings is 6. The molecule has 0 radical (unpaired) electrons. The first-order valence-electron chi connectivity index (χ1n) is 13.5. The third-order valence-corrected chi connectivity index (χ3v) is 7.77. The van der Waals surface area contributed by atoms with Crippen LogP contribution in [0.1, 0.15) is 0 Å². The van der Waals surface area contributed by atoms with Gasteiger partial charge in [-0.25, -0.2) is 0 Å². The third kappa shape index (κ3) is 3.65. The largest absolute Gasteiger partial charge is 0.456 e. The lowest BCUT2D eigenvalue weighted by atomic mass is 9.92. The molecule has 0 bridgehead atoms. The second-order valence-corrected chi connectivity index (χ2v) is 10.1. The van der Waals surface area contributed by atoms with Crippen LogP contribution < -0.4 is 4.74 Å². The number of para-hydroxylation sites is 1. The van der Waals surface area contributed by atoms with Crippen molar-refractivity contribution < 1.29 is 9.15 Å². The van der Waals surface area contributed by atoms with Crippen molar-refractivity contribution >= 4 is 10.8 Å². The van der Waals surface area contributed by atoms with Gasteiger partial charge in [-0.05, 0) is 63.5 Å². The molecule has 0 N–H and O–H groups in total. The van der Waals surface area contributed by atoms with Gasteiger partial charge in [0.15, 0.2) is 0 Å². The molecule has 0 fully saturated rings. The average Bonchev–Trinajstić information content (AvgIpc) is 3.52. The van der Waals surface area contributed by atoms with Crippen molar-refractivity contribution in [2.75, 3.05) is 0 Å². The Morgan fingerprint density at radius 1 is 0.325 bits per heavy atom. The molecule has 188 valence electrons. The SMILES string of the molecule is c1ccc(-c2ccc(-c3ccccc3-c3ccc(-c4ccc5c6c(cccc46)-c4ccccc4O5)o3)cc2)cc1. The highest BCUT2D eigenvalue weighted by molar-refractivity contribution is 6.09. The van der Waals surface area contributed by atoms with E-state index >= 15 is 0 Å². The van der Waals surface area contributed by atoms with Crippen LogP contribution >= 0.6 is 0 Å². The van der Waals surface area contributed by atoms with Crippen LogP contribution in [0, 0.1) is 0 Å². The first-order valence-corrected chi connectivity index (χ1v) is 13.5. The molecule has 6 aromatic carbocycles. The van der Waals surface area contributed by atoms with Crippen molar-refractivity contribution in [1.82, 2.24) is 0 Å². The van der Waals surface area contributed by atoms with Gasteiger partial charge in [-0.15, -0.1) is 0 Å². The molecule has 0 saturated carbocycles. The number of hydrogen-bond acceptors (Lipinski definition) is 2. The molecule has 8 rings (SSSR count). The molecule has 0 amide bonds. The molecule has 1 aliphatic heterocycles. The molecule has 40 heavy (non-hydrogen) atoms. The van der Waals surface area contributed by atoms with E-state index in [0.29, 0.717) is 0 Å². The van der Waals surface area contributed by atoms with Crippen molar-refractivity contribution in [1.29, 1.82) is 0 Å². The van der Waals surface area contributed by atoms with Gasteiger partial charge in [-0.1, -0.05) is 115 Å². The van der Waals surface area contributed by atoms with E-state index in [4.69, 9.17) is 9.15 Å². The van der Waals surface area contributed by atoms with Gasteiger partial charge in [0.05, 0.1) is 0 Å². The summed E-state index contributed by atoms with van der Waals surface area (Å²) in [5.41, 5.74) is 9.15. The number of rotatable bonds is 4. The highest BCUT2D eigenvalue weighted by Gasteiger charge is 2.22. The van der Waals surface area contributed by atoms with E-state index in [0.717, 1.165) is 61.6 Å². The monoisotopic (exact) mass is 512 g/mol. The van der Waals surface area contributed by atoms with Crippen LogP contribution in [0.15, 0.2) is 150 Å².